The van der Waals surface area contributed by atoms with Crippen molar-refractivity contribution in [1.29, 1.82) is 5.26 Å². The van der Waals surface area contributed by atoms with Crippen LogP contribution in [0.15, 0.2) is 47.2 Å². The number of ketones is 1. The van der Waals surface area contributed by atoms with Crippen molar-refractivity contribution >= 4 is 21.7 Å². The Hall–Kier alpha value is -2.06. The van der Waals surface area contributed by atoms with Crippen LogP contribution in [0.25, 0.3) is 0 Å². The van der Waals surface area contributed by atoms with Gasteiger partial charge in [-0.2, -0.15) is 5.26 Å². The van der Waals surface area contributed by atoms with Crippen LogP contribution in [-0.4, -0.2) is 10.8 Å². The lowest BCUT2D eigenvalue weighted by Crippen LogP contribution is -2.13. The first-order valence-corrected chi connectivity index (χ1v) is 6.22. The van der Waals surface area contributed by atoms with Gasteiger partial charge in [0, 0.05) is 16.9 Å². The van der Waals surface area contributed by atoms with E-state index in [1.165, 1.54) is 24.5 Å². The number of carbonyl (C=O) groups is 1. The van der Waals surface area contributed by atoms with E-state index < -0.39 is 17.5 Å². The molecule has 94 valence electrons. The standard InChI is InChI=1S/C14H8BrFN2O/c15-11-2-1-3-12(16)13(11)14(19)10(8-17)9-4-6-18-7-5-9/h1-7,10H. The summed E-state index contributed by atoms with van der Waals surface area (Å²) in [4.78, 5) is 16.1. The third kappa shape index (κ3) is 2.69. The highest BCUT2D eigenvalue weighted by atomic mass is 79.9. The normalized spacial score (nSPS) is 11.6. The van der Waals surface area contributed by atoms with E-state index in [2.05, 4.69) is 20.9 Å². The molecule has 1 heterocycles. The third-order valence-electron chi connectivity index (χ3n) is 2.64. The van der Waals surface area contributed by atoms with Crippen LogP contribution in [0.1, 0.15) is 21.8 Å². The van der Waals surface area contributed by atoms with Crippen LogP contribution in [0.2, 0.25) is 0 Å². The quantitative estimate of drug-likeness (QED) is 0.814. The maximum atomic E-state index is 13.7. The highest BCUT2D eigenvalue weighted by molar-refractivity contribution is 9.10. The summed E-state index contributed by atoms with van der Waals surface area (Å²) in [5, 5.41) is 9.16. The number of hydrogen-bond acceptors (Lipinski definition) is 3. The Bertz CT molecular complexity index is 632. The molecule has 1 unspecified atom stereocenters. The molecule has 1 atom stereocenters. The fourth-order valence-electron chi connectivity index (χ4n) is 1.72. The van der Waals surface area contributed by atoms with E-state index in [-0.39, 0.29) is 5.56 Å². The van der Waals surface area contributed by atoms with Crippen LogP contribution in [-0.2, 0) is 0 Å². The van der Waals surface area contributed by atoms with Crippen molar-refractivity contribution in [3.8, 4) is 6.07 Å². The molecule has 0 fully saturated rings. The number of halogens is 2. The van der Waals surface area contributed by atoms with E-state index in [9.17, 15) is 9.18 Å². The molecule has 0 spiro atoms. The second-order valence-corrected chi connectivity index (χ2v) is 4.66. The van der Waals surface area contributed by atoms with Gasteiger partial charge >= 0.3 is 0 Å². The molecule has 19 heavy (non-hydrogen) atoms. The van der Waals surface area contributed by atoms with Crippen molar-refractivity contribution in [1.82, 2.24) is 4.98 Å². The highest BCUT2D eigenvalue weighted by Crippen LogP contribution is 2.27. The molecule has 0 radical (unpaired) electrons. The lowest BCUT2D eigenvalue weighted by molar-refractivity contribution is 0.0974. The number of aromatic nitrogens is 1. The lowest BCUT2D eigenvalue weighted by Gasteiger charge is -2.10. The van der Waals surface area contributed by atoms with E-state index in [4.69, 9.17) is 5.26 Å². The van der Waals surface area contributed by atoms with Gasteiger partial charge in [0.25, 0.3) is 0 Å². The van der Waals surface area contributed by atoms with Crippen molar-refractivity contribution in [2.24, 2.45) is 0 Å². The SMILES string of the molecule is N#CC(C(=O)c1c(F)cccc1Br)c1ccncc1. The Kier molecular flexibility index (Phi) is 4.03. The molecular weight excluding hydrogens is 311 g/mol. The van der Waals surface area contributed by atoms with E-state index in [1.54, 1.807) is 18.2 Å². The molecule has 0 aliphatic rings. The molecule has 0 N–H and O–H groups in total. The molecule has 0 aliphatic heterocycles. The average Bonchev–Trinajstić information content (AvgIpc) is 2.40. The van der Waals surface area contributed by atoms with Gasteiger partial charge in [-0.05, 0) is 45.8 Å². The van der Waals surface area contributed by atoms with Crippen molar-refractivity contribution in [2.45, 2.75) is 5.92 Å². The predicted octanol–water partition coefficient (Wildman–Crippen LogP) is 3.47. The fourth-order valence-corrected chi connectivity index (χ4v) is 2.26. The number of benzene rings is 1. The minimum Gasteiger partial charge on any atom is -0.292 e. The Balaban J connectivity index is 2.46. The number of nitrogens with zero attached hydrogens (tertiary/aromatic N) is 2. The monoisotopic (exact) mass is 318 g/mol. The number of nitriles is 1. The van der Waals surface area contributed by atoms with E-state index in [1.807, 2.05) is 6.07 Å². The molecule has 3 nitrogen and oxygen atoms in total. The van der Waals surface area contributed by atoms with Crippen LogP contribution in [0.5, 0.6) is 0 Å². The van der Waals surface area contributed by atoms with Crippen LogP contribution in [0.4, 0.5) is 4.39 Å². The zero-order chi connectivity index (χ0) is 13.8. The minimum atomic E-state index is -1.05. The number of Topliss-reactive ketones (excluding diaryl/α,β-unsaturated/α-hetero) is 1. The van der Waals surface area contributed by atoms with Gasteiger partial charge < -0.3 is 0 Å². The second-order valence-electron chi connectivity index (χ2n) is 3.80. The van der Waals surface area contributed by atoms with Gasteiger partial charge in [0.1, 0.15) is 11.7 Å². The predicted molar refractivity (Wildman–Crippen MR) is 71.0 cm³/mol. The van der Waals surface area contributed by atoms with Gasteiger partial charge in [-0.25, -0.2) is 4.39 Å². The molecule has 1 aromatic heterocycles. The van der Waals surface area contributed by atoms with E-state index in [0.717, 1.165) is 0 Å². The van der Waals surface area contributed by atoms with Gasteiger partial charge in [0.2, 0.25) is 0 Å². The Morgan fingerprint density at radius 2 is 2.00 bits per heavy atom. The summed E-state index contributed by atoms with van der Waals surface area (Å²) in [6.45, 7) is 0. The first-order valence-electron chi connectivity index (χ1n) is 5.43. The maximum Gasteiger partial charge on any atom is 0.188 e. The van der Waals surface area contributed by atoms with Crippen LogP contribution < -0.4 is 0 Å². The first-order chi connectivity index (χ1) is 9.15. The van der Waals surface area contributed by atoms with Crippen molar-refractivity contribution in [3.05, 3.63) is 64.1 Å². The van der Waals surface area contributed by atoms with Crippen molar-refractivity contribution in [2.75, 3.05) is 0 Å². The molecule has 2 aromatic rings. The number of carbonyl (C=O) groups excluding carboxylic acids is 1. The van der Waals surface area contributed by atoms with Crippen molar-refractivity contribution in [3.63, 3.8) is 0 Å². The summed E-state index contributed by atoms with van der Waals surface area (Å²) >= 11 is 3.14. The Morgan fingerprint density at radius 3 is 2.58 bits per heavy atom. The van der Waals surface area contributed by atoms with Gasteiger partial charge in [-0.15, -0.1) is 0 Å². The molecule has 0 saturated carbocycles. The second kappa shape index (κ2) is 5.72. The van der Waals surface area contributed by atoms with Crippen LogP contribution in [0.3, 0.4) is 0 Å². The van der Waals surface area contributed by atoms with Gasteiger partial charge in [-0.1, -0.05) is 6.07 Å². The lowest BCUT2D eigenvalue weighted by atomic mass is 9.92. The zero-order valence-electron chi connectivity index (χ0n) is 9.68. The Morgan fingerprint density at radius 1 is 1.32 bits per heavy atom. The first kappa shape index (κ1) is 13.4. The summed E-state index contributed by atoms with van der Waals surface area (Å²) in [6, 6.07) is 9.30. The number of pyridine rings is 1. The van der Waals surface area contributed by atoms with Gasteiger partial charge in [0.15, 0.2) is 5.78 Å². The largest absolute Gasteiger partial charge is 0.292 e. The summed E-state index contributed by atoms with van der Waals surface area (Å²) in [5.41, 5.74) is 0.392. The summed E-state index contributed by atoms with van der Waals surface area (Å²) in [5.74, 6) is -2.26. The molecule has 5 heteroatoms. The number of rotatable bonds is 3. The van der Waals surface area contributed by atoms with Crippen LogP contribution in [0, 0.1) is 17.1 Å². The summed E-state index contributed by atoms with van der Waals surface area (Å²) < 4.78 is 14.1. The molecule has 2 rings (SSSR count). The van der Waals surface area contributed by atoms with Gasteiger partial charge in [-0.3, -0.25) is 9.78 Å². The number of hydrogen-bond donors (Lipinski definition) is 0. The topological polar surface area (TPSA) is 53.8 Å². The van der Waals surface area contributed by atoms with E-state index in [0.29, 0.717) is 10.0 Å². The fraction of sp³-hybridized carbons (Fsp3) is 0.0714. The Labute approximate surface area is 117 Å². The highest BCUT2D eigenvalue weighted by Gasteiger charge is 2.26. The smallest absolute Gasteiger partial charge is 0.188 e. The van der Waals surface area contributed by atoms with Gasteiger partial charge in [0.05, 0.1) is 11.6 Å². The molecule has 0 saturated heterocycles. The minimum absolute atomic E-state index is 0.106. The maximum absolute atomic E-state index is 13.7. The van der Waals surface area contributed by atoms with Crippen LogP contribution >= 0.6 is 15.9 Å². The summed E-state index contributed by atoms with van der Waals surface area (Å²) in [7, 11) is 0. The average molecular weight is 319 g/mol. The molecule has 0 amide bonds. The van der Waals surface area contributed by atoms with E-state index >= 15 is 0 Å². The zero-order valence-corrected chi connectivity index (χ0v) is 11.3. The molecular formula is C14H8BrFN2O. The molecule has 0 bridgehead atoms. The van der Waals surface area contributed by atoms with Crippen molar-refractivity contribution < 1.29 is 9.18 Å². The third-order valence-corrected chi connectivity index (χ3v) is 3.30. The molecule has 0 aliphatic carbocycles. The molecule has 1 aromatic carbocycles. The summed E-state index contributed by atoms with van der Waals surface area (Å²) in [6.07, 6.45) is 2.98.